The molecule has 1 aliphatic rings. The minimum Gasteiger partial charge on any atom is -0.348 e. The molecule has 2 aromatic heterocycles. The van der Waals surface area contributed by atoms with Gasteiger partial charge >= 0.3 is 0 Å². The Kier molecular flexibility index (Phi) is 4.58. The number of nitrogens with zero attached hydrogens (tertiary/aromatic N) is 3. The van der Waals surface area contributed by atoms with Crippen LogP contribution in [0.2, 0.25) is 0 Å². The van der Waals surface area contributed by atoms with Crippen LogP contribution in [0.25, 0.3) is 16.6 Å². The van der Waals surface area contributed by atoms with Gasteiger partial charge in [-0.3, -0.25) is 9.78 Å². The molecule has 0 fully saturated rings. The van der Waals surface area contributed by atoms with Crippen molar-refractivity contribution in [2.45, 2.75) is 39.7 Å². The molecule has 0 bridgehead atoms. The van der Waals surface area contributed by atoms with Crippen LogP contribution in [0.4, 0.5) is 0 Å². The standard InChI is InChI=1S/C25H24N4O/c1-16-21(17(2)29(28-16)18-9-4-3-5-10-18)15-26-25(30)24-19-11-6-7-13-22(19)27-23-14-8-12-20(23)24/h3-7,9-11,13H,8,12,14-15H2,1-2H3,(H,26,30). The summed E-state index contributed by atoms with van der Waals surface area (Å²) in [5.74, 6) is -0.0296. The summed E-state index contributed by atoms with van der Waals surface area (Å²) < 4.78 is 1.94. The second-order valence-electron chi connectivity index (χ2n) is 7.86. The summed E-state index contributed by atoms with van der Waals surface area (Å²) in [6.45, 7) is 4.50. The van der Waals surface area contributed by atoms with Crippen LogP contribution in [0.15, 0.2) is 54.6 Å². The number of rotatable bonds is 4. The molecule has 0 spiro atoms. The van der Waals surface area contributed by atoms with Crippen LogP contribution in [0.3, 0.4) is 0 Å². The predicted octanol–water partition coefficient (Wildman–Crippen LogP) is 4.46. The molecular formula is C25H24N4O. The molecule has 0 atom stereocenters. The highest BCUT2D eigenvalue weighted by molar-refractivity contribution is 6.07. The van der Waals surface area contributed by atoms with Crippen molar-refractivity contribution in [2.75, 3.05) is 0 Å². The van der Waals surface area contributed by atoms with Gasteiger partial charge in [0.15, 0.2) is 0 Å². The van der Waals surface area contributed by atoms with E-state index >= 15 is 0 Å². The number of pyridine rings is 1. The minimum atomic E-state index is -0.0296. The smallest absolute Gasteiger partial charge is 0.252 e. The third-order valence-corrected chi connectivity index (χ3v) is 6.01. The number of nitrogens with one attached hydrogen (secondary N) is 1. The third kappa shape index (κ3) is 3.07. The first-order valence-corrected chi connectivity index (χ1v) is 10.4. The number of hydrogen-bond donors (Lipinski definition) is 1. The van der Waals surface area contributed by atoms with Gasteiger partial charge in [-0.15, -0.1) is 0 Å². The average Bonchev–Trinajstić information content (AvgIpc) is 3.34. The number of aryl methyl sites for hydroxylation is 2. The molecule has 30 heavy (non-hydrogen) atoms. The Morgan fingerprint density at radius 2 is 1.80 bits per heavy atom. The SMILES string of the molecule is Cc1nn(-c2ccccc2)c(C)c1CNC(=O)c1c2c(nc3ccccc13)CCC2. The Morgan fingerprint density at radius 3 is 2.63 bits per heavy atom. The van der Waals surface area contributed by atoms with Crippen LogP contribution in [-0.2, 0) is 19.4 Å². The van der Waals surface area contributed by atoms with Gasteiger partial charge in [-0.05, 0) is 56.9 Å². The molecule has 1 aliphatic carbocycles. The lowest BCUT2D eigenvalue weighted by atomic mass is 10.0. The van der Waals surface area contributed by atoms with E-state index in [1.807, 2.05) is 73.1 Å². The highest BCUT2D eigenvalue weighted by Gasteiger charge is 2.24. The van der Waals surface area contributed by atoms with Crippen molar-refractivity contribution in [3.05, 3.63) is 88.4 Å². The molecule has 4 aromatic rings. The summed E-state index contributed by atoms with van der Waals surface area (Å²) in [5.41, 5.74) is 7.93. The van der Waals surface area contributed by atoms with Gasteiger partial charge in [-0.25, -0.2) is 4.68 Å². The maximum Gasteiger partial charge on any atom is 0.252 e. The van der Waals surface area contributed by atoms with Crippen LogP contribution >= 0.6 is 0 Å². The van der Waals surface area contributed by atoms with Crippen molar-refractivity contribution in [3.8, 4) is 5.69 Å². The van der Waals surface area contributed by atoms with Crippen LogP contribution < -0.4 is 5.32 Å². The molecule has 5 nitrogen and oxygen atoms in total. The zero-order valence-electron chi connectivity index (χ0n) is 17.3. The molecule has 150 valence electrons. The summed E-state index contributed by atoms with van der Waals surface area (Å²) in [6.07, 6.45) is 2.92. The summed E-state index contributed by atoms with van der Waals surface area (Å²) in [7, 11) is 0. The number of para-hydroxylation sites is 2. The van der Waals surface area contributed by atoms with E-state index in [1.54, 1.807) is 0 Å². The average molecular weight is 396 g/mol. The molecule has 1 amide bonds. The van der Waals surface area contributed by atoms with Crippen molar-refractivity contribution in [1.82, 2.24) is 20.1 Å². The Bertz CT molecular complexity index is 1260. The summed E-state index contributed by atoms with van der Waals surface area (Å²) in [6, 6.07) is 18.0. The van der Waals surface area contributed by atoms with Gasteiger partial charge in [0, 0.05) is 28.9 Å². The van der Waals surface area contributed by atoms with E-state index in [0.29, 0.717) is 6.54 Å². The molecule has 0 saturated carbocycles. The normalized spacial score (nSPS) is 12.9. The van der Waals surface area contributed by atoms with E-state index in [-0.39, 0.29) is 5.91 Å². The first-order valence-electron chi connectivity index (χ1n) is 10.4. The number of amides is 1. The quantitative estimate of drug-likeness (QED) is 0.554. The highest BCUT2D eigenvalue weighted by atomic mass is 16.1. The minimum absolute atomic E-state index is 0.0296. The van der Waals surface area contributed by atoms with Gasteiger partial charge in [0.1, 0.15) is 0 Å². The fourth-order valence-electron chi connectivity index (χ4n) is 4.48. The van der Waals surface area contributed by atoms with Crippen molar-refractivity contribution in [2.24, 2.45) is 0 Å². The van der Waals surface area contributed by atoms with E-state index in [2.05, 4.69) is 5.32 Å². The largest absolute Gasteiger partial charge is 0.348 e. The van der Waals surface area contributed by atoms with Gasteiger partial charge in [0.2, 0.25) is 0 Å². The lowest BCUT2D eigenvalue weighted by Gasteiger charge is -2.13. The number of fused-ring (bicyclic) bond motifs is 2. The summed E-state index contributed by atoms with van der Waals surface area (Å²) >= 11 is 0. The van der Waals surface area contributed by atoms with Gasteiger partial charge in [-0.1, -0.05) is 36.4 Å². The van der Waals surface area contributed by atoms with E-state index in [1.165, 1.54) is 0 Å². The van der Waals surface area contributed by atoms with Gasteiger partial charge in [0.05, 0.1) is 22.5 Å². The maximum absolute atomic E-state index is 13.3. The highest BCUT2D eigenvalue weighted by Crippen LogP contribution is 2.30. The Hall–Kier alpha value is -3.47. The van der Waals surface area contributed by atoms with E-state index in [4.69, 9.17) is 10.1 Å². The molecule has 1 N–H and O–H groups in total. The second-order valence-corrected chi connectivity index (χ2v) is 7.86. The lowest BCUT2D eigenvalue weighted by Crippen LogP contribution is -2.25. The fourth-order valence-corrected chi connectivity index (χ4v) is 4.48. The van der Waals surface area contributed by atoms with Crippen LogP contribution in [0, 0.1) is 13.8 Å². The van der Waals surface area contributed by atoms with E-state index in [0.717, 1.165) is 69.6 Å². The molecular weight excluding hydrogens is 372 g/mol. The predicted molar refractivity (Wildman–Crippen MR) is 118 cm³/mol. The van der Waals surface area contributed by atoms with Crippen molar-refractivity contribution >= 4 is 16.8 Å². The molecule has 0 saturated heterocycles. The number of aromatic nitrogens is 3. The number of carbonyl (C=O) groups excluding carboxylic acids is 1. The second kappa shape index (κ2) is 7.41. The van der Waals surface area contributed by atoms with Gasteiger partial charge in [-0.2, -0.15) is 5.10 Å². The topological polar surface area (TPSA) is 59.8 Å². The van der Waals surface area contributed by atoms with Gasteiger partial charge < -0.3 is 5.32 Å². The molecule has 2 aromatic carbocycles. The van der Waals surface area contributed by atoms with E-state index in [9.17, 15) is 4.79 Å². The van der Waals surface area contributed by atoms with Crippen LogP contribution in [-0.4, -0.2) is 20.7 Å². The number of benzene rings is 2. The zero-order chi connectivity index (χ0) is 20.7. The Morgan fingerprint density at radius 1 is 1.03 bits per heavy atom. The lowest BCUT2D eigenvalue weighted by molar-refractivity contribution is 0.0951. The molecule has 5 heteroatoms. The van der Waals surface area contributed by atoms with Crippen molar-refractivity contribution in [1.29, 1.82) is 0 Å². The first-order chi connectivity index (χ1) is 14.6. The van der Waals surface area contributed by atoms with Crippen LogP contribution in [0.1, 0.15) is 45.0 Å². The Labute approximate surface area is 175 Å². The Balaban J connectivity index is 1.47. The van der Waals surface area contributed by atoms with Crippen molar-refractivity contribution < 1.29 is 4.79 Å². The molecule has 0 radical (unpaired) electrons. The van der Waals surface area contributed by atoms with E-state index < -0.39 is 0 Å². The number of carbonyl (C=O) groups is 1. The molecule has 0 unspecified atom stereocenters. The van der Waals surface area contributed by atoms with Gasteiger partial charge in [0.25, 0.3) is 5.91 Å². The zero-order valence-corrected chi connectivity index (χ0v) is 17.3. The fraction of sp³-hybridized carbons (Fsp3) is 0.240. The summed E-state index contributed by atoms with van der Waals surface area (Å²) in [5, 5.41) is 8.79. The first kappa shape index (κ1) is 18.6. The molecule has 2 heterocycles. The number of hydrogen-bond acceptors (Lipinski definition) is 3. The summed E-state index contributed by atoms with van der Waals surface area (Å²) in [4.78, 5) is 18.1. The van der Waals surface area contributed by atoms with Crippen LogP contribution in [0.5, 0.6) is 0 Å². The maximum atomic E-state index is 13.3. The molecule has 5 rings (SSSR count). The monoisotopic (exact) mass is 396 g/mol. The van der Waals surface area contributed by atoms with Crippen molar-refractivity contribution in [3.63, 3.8) is 0 Å². The third-order valence-electron chi connectivity index (χ3n) is 6.01. The molecule has 0 aliphatic heterocycles.